The number of hydrogen-bond donors (Lipinski definition) is 1. The maximum atomic E-state index is 13.2. The molecule has 10 heteroatoms. The lowest BCUT2D eigenvalue weighted by atomic mass is 10.1. The van der Waals surface area contributed by atoms with Crippen molar-refractivity contribution in [2.24, 2.45) is 0 Å². The fraction of sp³-hybridized carbons (Fsp3) is 0.0952. The van der Waals surface area contributed by atoms with E-state index in [1.807, 2.05) is 0 Å². The van der Waals surface area contributed by atoms with Crippen LogP contribution in [-0.4, -0.2) is 32.9 Å². The molecule has 9 nitrogen and oxygen atoms in total. The minimum absolute atomic E-state index is 0.0663. The van der Waals surface area contributed by atoms with Gasteiger partial charge in [-0.2, -0.15) is 4.80 Å². The van der Waals surface area contributed by atoms with Gasteiger partial charge in [-0.1, -0.05) is 0 Å². The summed E-state index contributed by atoms with van der Waals surface area (Å²) in [6, 6.07) is 13.1. The molecule has 0 saturated carbocycles. The predicted molar refractivity (Wildman–Crippen MR) is 111 cm³/mol. The second-order valence-electron chi connectivity index (χ2n) is 6.72. The lowest BCUT2D eigenvalue weighted by Gasteiger charge is -2.09. The summed E-state index contributed by atoms with van der Waals surface area (Å²) in [7, 11) is 1.32. The molecule has 0 unspecified atom stereocenters. The van der Waals surface area contributed by atoms with Gasteiger partial charge in [-0.3, -0.25) is 14.9 Å². The molecule has 3 aromatic carbocycles. The maximum absolute atomic E-state index is 13.2. The van der Waals surface area contributed by atoms with Crippen LogP contribution in [0, 0.1) is 22.9 Å². The van der Waals surface area contributed by atoms with Gasteiger partial charge < -0.3 is 10.1 Å². The number of nitro benzene ring substituents is 1. The molecule has 0 saturated heterocycles. The van der Waals surface area contributed by atoms with Crippen molar-refractivity contribution in [3.63, 3.8) is 0 Å². The topological polar surface area (TPSA) is 112 Å². The fourth-order valence-corrected chi connectivity index (χ4v) is 3.06. The molecule has 0 aliphatic heterocycles. The first-order valence-electron chi connectivity index (χ1n) is 9.13. The Kier molecular flexibility index (Phi) is 5.04. The highest BCUT2D eigenvalue weighted by Crippen LogP contribution is 2.28. The number of halogens is 1. The van der Waals surface area contributed by atoms with Crippen molar-refractivity contribution in [1.29, 1.82) is 0 Å². The maximum Gasteiger partial charge on any atom is 0.311 e. The second kappa shape index (κ2) is 7.82. The number of carbonyl (C=O) groups is 1. The molecule has 0 radical (unpaired) electrons. The molecule has 1 heterocycles. The summed E-state index contributed by atoms with van der Waals surface area (Å²) in [6.45, 7) is 1.79. The largest absolute Gasteiger partial charge is 0.490 e. The van der Waals surface area contributed by atoms with Gasteiger partial charge in [0.15, 0.2) is 5.75 Å². The standard InChI is InChI=1S/C21H16FN5O4/c1-12-9-17-18(25-26(24-17)15-6-4-14(22)5-7-15)11-16(12)23-21(28)13-3-8-20(31-2)19(10-13)27(29)30/h3-11H,1-2H3,(H,23,28). The highest BCUT2D eigenvalue weighted by Gasteiger charge is 2.19. The van der Waals surface area contributed by atoms with Gasteiger partial charge in [-0.15, -0.1) is 10.2 Å². The van der Waals surface area contributed by atoms with E-state index < -0.39 is 10.8 Å². The monoisotopic (exact) mass is 421 g/mol. The Bertz CT molecular complexity index is 1320. The van der Waals surface area contributed by atoms with Crippen LogP contribution in [0.25, 0.3) is 16.7 Å². The summed E-state index contributed by atoms with van der Waals surface area (Å²) in [5, 5.41) is 22.7. The number of aromatic nitrogens is 3. The van der Waals surface area contributed by atoms with Crippen molar-refractivity contribution < 1.29 is 18.8 Å². The number of nitrogens with zero attached hydrogens (tertiary/aromatic N) is 4. The number of hydrogen-bond acceptors (Lipinski definition) is 6. The Morgan fingerprint density at radius 1 is 1.10 bits per heavy atom. The smallest absolute Gasteiger partial charge is 0.311 e. The number of carbonyl (C=O) groups excluding carboxylic acids is 1. The van der Waals surface area contributed by atoms with Gasteiger partial charge in [0.05, 0.1) is 17.7 Å². The minimum atomic E-state index is -0.610. The van der Waals surface area contributed by atoms with Crippen LogP contribution in [0.15, 0.2) is 54.6 Å². The predicted octanol–water partition coefficient (Wildman–Crippen LogP) is 4.04. The van der Waals surface area contributed by atoms with E-state index in [9.17, 15) is 19.3 Å². The summed E-state index contributed by atoms with van der Waals surface area (Å²) >= 11 is 0. The first kappa shape index (κ1) is 20.0. The van der Waals surface area contributed by atoms with Crippen molar-refractivity contribution in [3.05, 3.63) is 81.7 Å². The molecule has 4 rings (SSSR count). The van der Waals surface area contributed by atoms with Crippen molar-refractivity contribution in [2.45, 2.75) is 6.92 Å². The zero-order chi connectivity index (χ0) is 22.1. The minimum Gasteiger partial charge on any atom is -0.490 e. The third-order valence-electron chi connectivity index (χ3n) is 4.67. The number of amides is 1. The van der Waals surface area contributed by atoms with E-state index in [-0.39, 0.29) is 22.8 Å². The van der Waals surface area contributed by atoms with E-state index in [2.05, 4.69) is 15.5 Å². The van der Waals surface area contributed by atoms with Crippen molar-refractivity contribution in [2.75, 3.05) is 12.4 Å². The molecule has 1 amide bonds. The Morgan fingerprint density at radius 3 is 2.42 bits per heavy atom. The fourth-order valence-electron chi connectivity index (χ4n) is 3.06. The van der Waals surface area contributed by atoms with Gasteiger partial charge in [0.25, 0.3) is 5.91 Å². The molecular weight excluding hydrogens is 405 g/mol. The molecule has 0 fully saturated rings. The Hall–Kier alpha value is -4.34. The van der Waals surface area contributed by atoms with Crippen molar-refractivity contribution in [3.8, 4) is 11.4 Å². The van der Waals surface area contributed by atoms with Crippen molar-refractivity contribution in [1.82, 2.24) is 15.0 Å². The molecule has 156 valence electrons. The number of fused-ring (bicyclic) bond motifs is 1. The highest BCUT2D eigenvalue weighted by atomic mass is 19.1. The zero-order valence-corrected chi connectivity index (χ0v) is 16.5. The number of ether oxygens (including phenoxy) is 1. The van der Waals surface area contributed by atoms with E-state index in [0.29, 0.717) is 22.4 Å². The lowest BCUT2D eigenvalue weighted by Crippen LogP contribution is -2.13. The number of rotatable bonds is 5. The van der Waals surface area contributed by atoms with E-state index in [4.69, 9.17) is 4.74 Å². The van der Waals surface area contributed by atoms with Gasteiger partial charge in [0.2, 0.25) is 0 Å². The molecule has 0 atom stereocenters. The molecule has 1 N–H and O–H groups in total. The van der Waals surface area contributed by atoms with Gasteiger partial charge in [-0.25, -0.2) is 4.39 Å². The molecule has 0 aliphatic carbocycles. The first-order chi connectivity index (χ1) is 14.9. The number of anilines is 1. The highest BCUT2D eigenvalue weighted by molar-refractivity contribution is 6.06. The van der Waals surface area contributed by atoms with Crippen LogP contribution in [0.5, 0.6) is 5.75 Å². The number of methoxy groups -OCH3 is 1. The molecular formula is C21H16FN5O4. The van der Waals surface area contributed by atoms with Crippen LogP contribution in [-0.2, 0) is 0 Å². The molecule has 4 aromatic rings. The molecule has 0 aliphatic rings. The number of aryl methyl sites for hydroxylation is 1. The second-order valence-corrected chi connectivity index (χ2v) is 6.72. The quantitative estimate of drug-likeness (QED) is 0.384. The van der Waals surface area contributed by atoms with Gasteiger partial charge in [0, 0.05) is 17.3 Å². The summed E-state index contributed by atoms with van der Waals surface area (Å²) in [5.41, 5.74) is 2.74. The third kappa shape index (κ3) is 3.90. The van der Waals surface area contributed by atoms with E-state index >= 15 is 0 Å². The molecule has 31 heavy (non-hydrogen) atoms. The van der Waals surface area contributed by atoms with Gasteiger partial charge >= 0.3 is 5.69 Å². The number of benzene rings is 3. The van der Waals surface area contributed by atoms with Crippen LogP contribution in [0.4, 0.5) is 15.8 Å². The molecule has 0 bridgehead atoms. The van der Waals surface area contributed by atoms with E-state index in [1.54, 1.807) is 31.2 Å². The van der Waals surface area contributed by atoms with Crippen molar-refractivity contribution >= 4 is 28.3 Å². The third-order valence-corrected chi connectivity index (χ3v) is 4.67. The summed E-state index contributed by atoms with van der Waals surface area (Å²) in [5.74, 6) is -0.809. The average molecular weight is 421 g/mol. The van der Waals surface area contributed by atoms with Crippen LogP contribution in [0.2, 0.25) is 0 Å². The lowest BCUT2D eigenvalue weighted by molar-refractivity contribution is -0.385. The average Bonchev–Trinajstić information content (AvgIpc) is 3.16. The van der Waals surface area contributed by atoms with Crippen LogP contribution in [0.1, 0.15) is 15.9 Å². The number of nitro groups is 1. The summed E-state index contributed by atoms with van der Waals surface area (Å²) in [6.07, 6.45) is 0. The Morgan fingerprint density at radius 2 is 1.77 bits per heavy atom. The summed E-state index contributed by atoms with van der Waals surface area (Å²) in [4.78, 5) is 24.7. The van der Waals surface area contributed by atoms with Gasteiger partial charge in [-0.05, 0) is 61.0 Å². The van der Waals surface area contributed by atoms with E-state index in [0.717, 1.165) is 11.6 Å². The number of nitrogens with one attached hydrogen (secondary N) is 1. The zero-order valence-electron chi connectivity index (χ0n) is 16.5. The molecule has 0 spiro atoms. The van der Waals surface area contributed by atoms with Crippen LogP contribution in [0.3, 0.4) is 0 Å². The van der Waals surface area contributed by atoms with Gasteiger partial charge in [0.1, 0.15) is 16.9 Å². The summed E-state index contributed by atoms with van der Waals surface area (Å²) < 4.78 is 18.1. The Labute approximate surface area is 175 Å². The van der Waals surface area contributed by atoms with Crippen LogP contribution >= 0.6 is 0 Å². The normalized spacial score (nSPS) is 10.8. The first-order valence-corrected chi connectivity index (χ1v) is 9.13. The SMILES string of the molecule is COc1ccc(C(=O)Nc2cc3nn(-c4ccc(F)cc4)nc3cc2C)cc1[N+](=O)[O-]. The van der Waals surface area contributed by atoms with Crippen LogP contribution < -0.4 is 10.1 Å². The van der Waals surface area contributed by atoms with E-state index in [1.165, 1.54) is 36.2 Å². The molecule has 1 aromatic heterocycles. The Balaban J connectivity index is 1.64.